The van der Waals surface area contributed by atoms with Crippen molar-refractivity contribution >= 4 is 28.3 Å². The van der Waals surface area contributed by atoms with E-state index in [1.807, 2.05) is 6.92 Å². The van der Waals surface area contributed by atoms with E-state index in [9.17, 15) is 14.4 Å². The third-order valence-corrected chi connectivity index (χ3v) is 4.37. The summed E-state index contributed by atoms with van der Waals surface area (Å²) in [5.74, 6) is -0.767. The van der Waals surface area contributed by atoms with Crippen LogP contribution in [0, 0.1) is 6.92 Å². The highest BCUT2D eigenvalue weighted by atomic mass is 32.1. The number of carbonyl (C=O) groups excluding carboxylic acids is 2. The molecule has 8 nitrogen and oxygen atoms in total. The van der Waals surface area contributed by atoms with E-state index in [0.29, 0.717) is 17.2 Å². The van der Waals surface area contributed by atoms with Crippen LogP contribution in [0.15, 0.2) is 35.8 Å². The van der Waals surface area contributed by atoms with Gasteiger partial charge in [0.05, 0.1) is 12.3 Å². The minimum Gasteiger partial charge on any atom is -0.488 e. The Bertz CT molecular complexity index is 887. The summed E-state index contributed by atoms with van der Waals surface area (Å²) in [6.07, 6.45) is 3.74. The average Bonchev–Trinajstić information content (AvgIpc) is 3.00. The maximum atomic E-state index is 12.3. The van der Waals surface area contributed by atoms with Crippen molar-refractivity contribution in [3.8, 4) is 5.75 Å². The highest BCUT2D eigenvalue weighted by Crippen LogP contribution is 2.23. The summed E-state index contributed by atoms with van der Waals surface area (Å²) in [6.45, 7) is 7.39. The minimum absolute atomic E-state index is 0.0945. The van der Waals surface area contributed by atoms with Gasteiger partial charge in [0.25, 0.3) is 5.56 Å². The van der Waals surface area contributed by atoms with Gasteiger partial charge in [-0.1, -0.05) is 30.9 Å². The zero-order valence-electron chi connectivity index (χ0n) is 15.2. The van der Waals surface area contributed by atoms with Gasteiger partial charge in [0.2, 0.25) is 5.91 Å². The van der Waals surface area contributed by atoms with Crippen LogP contribution in [0.5, 0.6) is 5.75 Å². The summed E-state index contributed by atoms with van der Waals surface area (Å²) in [6, 6.07) is 3.21. The standard InChI is InChI=1S/C18H21N3O5S/c1-4-9-25-13-7-6-8-21(16(13)23)11-14(22)20-18-19-12(3)15(27-18)17(24)26-10-5-2/h5-8H,2,4,9-11H2,1,3H3,(H,19,20,22). The number of pyridine rings is 1. The average molecular weight is 391 g/mol. The first-order chi connectivity index (χ1) is 13.0. The van der Waals surface area contributed by atoms with E-state index >= 15 is 0 Å². The summed E-state index contributed by atoms with van der Waals surface area (Å²) in [5.41, 5.74) is 0.0709. The first-order valence-electron chi connectivity index (χ1n) is 8.33. The Balaban J connectivity index is 2.05. The molecule has 0 atom stereocenters. The molecular weight excluding hydrogens is 370 g/mol. The van der Waals surface area contributed by atoms with Crippen LogP contribution in [0.25, 0.3) is 0 Å². The second-order valence-corrected chi connectivity index (χ2v) is 6.52. The lowest BCUT2D eigenvalue weighted by molar-refractivity contribution is -0.116. The highest BCUT2D eigenvalue weighted by Gasteiger charge is 2.18. The zero-order valence-corrected chi connectivity index (χ0v) is 16.0. The van der Waals surface area contributed by atoms with Gasteiger partial charge < -0.3 is 19.4 Å². The van der Waals surface area contributed by atoms with Gasteiger partial charge in [-0.3, -0.25) is 9.59 Å². The second-order valence-electron chi connectivity index (χ2n) is 5.52. The Hall–Kier alpha value is -2.94. The molecule has 2 rings (SSSR count). The van der Waals surface area contributed by atoms with Gasteiger partial charge in [0, 0.05) is 6.20 Å². The number of hydrogen-bond acceptors (Lipinski definition) is 7. The lowest BCUT2D eigenvalue weighted by Gasteiger charge is -2.08. The molecule has 144 valence electrons. The Morgan fingerprint density at radius 2 is 2.22 bits per heavy atom. The molecule has 27 heavy (non-hydrogen) atoms. The van der Waals surface area contributed by atoms with Crippen molar-refractivity contribution in [2.24, 2.45) is 0 Å². The van der Waals surface area contributed by atoms with E-state index in [4.69, 9.17) is 9.47 Å². The summed E-state index contributed by atoms with van der Waals surface area (Å²) < 4.78 is 11.6. The molecule has 0 saturated carbocycles. The number of ether oxygens (including phenoxy) is 2. The second kappa shape index (κ2) is 9.67. The number of carbonyl (C=O) groups is 2. The number of nitrogens with one attached hydrogen (secondary N) is 1. The van der Waals surface area contributed by atoms with Crippen molar-refractivity contribution < 1.29 is 19.1 Å². The van der Waals surface area contributed by atoms with Crippen LogP contribution in [0.3, 0.4) is 0 Å². The molecule has 1 amide bonds. The summed E-state index contributed by atoms with van der Waals surface area (Å²) >= 11 is 1.01. The third-order valence-electron chi connectivity index (χ3n) is 3.32. The number of nitrogens with zero attached hydrogens (tertiary/aromatic N) is 2. The first-order valence-corrected chi connectivity index (χ1v) is 9.15. The molecule has 2 heterocycles. The molecule has 0 unspecified atom stereocenters. The lowest BCUT2D eigenvalue weighted by Crippen LogP contribution is -2.28. The Morgan fingerprint density at radius 3 is 2.93 bits per heavy atom. The molecule has 0 aliphatic carbocycles. The van der Waals surface area contributed by atoms with Crippen molar-refractivity contribution in [1.29, 1.82) is 0 Å². The van der Waals surface area contributed by atoms with Gasteiger partial charge in [0.15, 0.2) is 10.9 Å². The molecule has 2 aromatic heterocycles. The number of esters is 1. The van der Waals surface area contributed by atoms with E-state index in [2.05, 4.69) is 16.9 Å². The van der Waals surface area contributed by atoms with Gasteiger partial charge in [-0.25, -0.2) is 9.78 Å². The monoisotopic (exact) mass is 391 g/mol. The van der Waals surface area contributed by atoms with E-state index < -0.39 is 11.9 Å². The van der Waals surface area contributed by atoms with E-state index in [1.54, 1.807) is 19.1 Å². The number of hydrogen-bond donors (Lipinski definition) is 1. The van der Waals surface area contributed by atoms with Gasteiger partial charge in [-0.05, 0) is 25.5 Å². The molecule has 1 N–H and O–H groups in total. The molecule has 9 heteroatoms. The molecule has 0 spiro atoms. The Kier molecular flexibility index (Phi) is 7.30. The van der Waals surface area contributed by atoms with Crippen LogP contribution in [0.2, 0.25) is 0 Å². The van der Waals surface area contributed by atoms with Crippen LogP contribution in [-0.2, 0) is 16.1 Å². The number of rotatable bonds is 9. The van der Waals surface area contributed by atoms with Crippen molar-refractivity contribution in [2.75, 3.05) is 18.5 Å². The third kappa shape index (κ3) is 5.52. The topological polar surface area (TPSA) is 99.5 Å². The molecule has 0 saturated heterocycles. The number of amides is 1. The van der Waals surface area contributed by atoms with Gasteiger partial charge in [-0.2, -0.15) is 0 Å². The molecular formula is C18H21N3O5S. The summed E-state index contributed by atoms with van der Waals surface area (Å²) in [5, 5.41) is 2.85. The number of anilines is 1. The Labute approximate surface area is 160 Å². The summed E-state index contributed by atoms with van der Waals surface area (Å²) in [4.78, 5) is 40.9. The van der Waals surface area contributed by atoms with Crippen LogP contribution in [0.4, 0.5) is 5.13 Å². The highest BCUT2D eigenvalue weighted by molar-refractivity contribution is 7.17. The number of aromatic nitrogens is 2. The molecule has 0 aromatic carbocycles. The van der Waals surface area contributed by atoms with Crippen molar-refractivity contribution in [2.45, 2.75) is 26.8 Å². The normalized spacial score (nSPS) is 10.3. The predicted octanol–water partition coefficient (Wildman–Crippen LogP) is 2.38. The van der Waals surface area contributed by atoms with Crippen LogP contribution < -0.4 is 15.6 Å². The molecule has 0 aliphatic heterocycles. The fourth-order valence-corrected chi connectivity index (χ4v) is 2.99. The molecule has 0 bridgehead atoms. The fraction of sp³-hybridized carbons (Fsp3) is 0.333. The maximum Gasteiger partial charge on any atom is 0.350 e. The SMILES string of the molecule is C=CCOC(=O)c1sc(NC(=O)Cn2cccc(OCCC)c2=O)nc1C. The Morgan fingerprint density at radius 1 is 1.44 bits per heavy atom. The van der Waals surface area contributed by atoms with Gasteiger partial charge in [-0.15, -0.1) is 0 Å². The van der Waals surface area contributed by atoms with Crippen molar-refractivity contribution in [3.05, 3.63) is 51.9 Å². The van der Waals surface area contributed by atoms with Gasteiger partial charge in [0.1, 0.15) is 18.0 Å². The summed E-state index contributed by atoms with van der Waals surface area (Å²) in [7, 11) is 0. The minimum atomic E-state index is -0.526. The first kappa shape index (κ1) is 20.4. The molecule has 0 radical (unpaired) electrons. The number of aryl methyl sites for hydroxylation is 1. The van der Waals surface area contributed by atoms with E-state index in [0.717, 1.165) is 17.8 Å². The van der Waals surface area contributed by atoms with E-state index in [-0.39, 0.29) is 29.6 Å². The van der Waals surface area contributed by atoms with Crippen molar-refractivity contribution in [1.82, 2.24) is 9.55 Å². The smallest absolute Gasteiger partial charge is 0.350 e. The molecule has 2 aromatic rings. The van der Waals surface area contributed by atoms with Crippen molar-refractivity contribution in [3.63, 3.8) is 0 Å². The predicted molar refractivity (Wildman–Crippen MR) is 102 cm³/mol. The van der Waals surface area contributed by atoms with Crippen LogP contribution >= 0.6 is 11.3 Å². The zero-order chi connectivity index (χ0) is 19.8. The van der Waals surface area contributed by atoms with Crippen LogP contribution in [-0.4, -0.2) is 34.6 Å². The molecule has 0 fully saturated rings. The van der Waals surface area contributed by atoms with E-state index in [1.165, 1.54) is 16.8 Å². The van der Waals surface area contributed by atoms with Crippen LogP contribution in [0.1, 0.15) is 28.7 Å². The van der Waals surface area contributed by atoms with Gasteiger partial charge >= 0.3 is 5.97 Å². The fourth-order valence-electron chi connectivity index (χ4n) is 2.11. The maximum absolute atomic E-state index is 12.3. The quantitative estimate of drug-likeness (QED) is 0.520. The molecule has 0 aliphatic rings. The largest absolute Gasteiger partial charge is 0.488 e. The lowest BCUT2D eigenvalue weighted by atomic mass is 10.4. The number of thiazole rings is 1.